The van der Waals surface area contributed by atoms with Crippen LogP contribution in [0.15, 0.2) is 0 Å². The molecule has 0 aromatic carbocycles. The van der Waals surface area contributed by atoms with Crippen LogP contribution in [0, 0.1) is 13.8 Å². The van der Waals surface area contributed by atoms with E-state index >= 15 is 0 Å². The minimum Gasteiger partial charge on any atom is -0.466 e. The second-order valence-corrected chi connectivity index (χ2v) is 5.19. The molecule has 0 saturated carbocycles. The molecular formula is C13H19NO4S. The van der Waals surface area contributed by atoms with Crippen molar-refractivity contribution in [2.45, 2.75) is 27.2 Å². The summed E-state index contributed by atoms with van der Waals surface area (Å²) in [5.41, 5.74) is 1.46. The number of esters is 2. The Hall–Kier alpha value is -1.56. The summed E-state index contributed by atoms with van der Waals surface area (Å²) in [6, 6.07) is 0. The molecule has 1 heterocycles. The van der Waals surface area contributed by atoms with Gasteiger partial charge in [0.05, 0.1) is 25.7 Å². The van der Waals surface area contributed by atoms with Gasteiger partial charge in [-0.2, -0.15) is 0 Å². The zero-order valence-electron chi connectivity index (χ0n) is 11.7. The largest absolute Gasteiger partial charge is 0.466 e. The number of carbonyl (C=O) groups excluding carboxylic acids is 2. The van der Waals surface area contributed by atoms with Crippen LogP contribution in [0.5, 0.6) is 0 Å². The minimum atomic E-state index is -0.361. The molecule has 1 rings (SSSR count). The summed E-state index contributed by atoms with van der Waals surface area (Å²) in [4.78, 5) is 24.0. The lowest BCUT2D eigenvalue weighted by molar-refractivity contribution is -0.142. The molecule has 0 spiro atoms. The summed E-state index contributed by atoms with van der Waals surface area (Å²) < 4.78 is 9.61. The molecule has 0 aliphatic rings. The molecule has 1 aromatic rings. The molecule has 1 N–H and O–H groups in total. The molecule has 1 aromatic heterocycles. The van der Waals surface area contributed by atoms with Gasteiger partial charge < -0.3 is 14.8 Å². The van der Waals surface area contributed by atoms with Crippen molar-refractivity contribution in [2.75, 3.05) is 25.6 Å². The number of aryl methyl sites for hydroxylation is 1. The third-order valence-electron chi connectivity index (χ3n) is 2.69. The smallest absolute Gasteiger partial charge is 0.341 e. The highest BCUT2D eigenvalue weighted by molar-refractivity contribution is 7.16. The lowest BCUT2D eigenvalue weighted by atomic mass is 10.1. The predicted molar refractivity (Wildman–Crippen MR) is 74.9 cm³/mol. The summed E-state index contributed by atoms with van der Waals surface area (Å²) in [7, 11) is 1.36. The molecule has 0 bridgehead atoms. The van der Waals surface area contributed by atoms with E-state index in [0.29, 0.717) is 18.7 Å². The van der Waals surface area contributed by atoms with Crippen LogP contribution in [0.1, 0.15) is 34.1 Å². The van der Waals surface area contributed by atoms with Gasteiger partial charge in [0.25, 0.3) is 0 Å². The van der Waals surface area contributed by atoms with Crippen molar-refractivity contribution < 1.29 is 19.1 Å². The van der Waals surface area contributed by atoms with Gasteiger partial charge in [0.15, 0.2) is 0 Å². The van der Waals surface area contributed by atoms with Crippen LogP contribution in [0.3, 0.4) is 0 Å². The van der Waals surface area contributed by atoms with Gasteiger partial charge in [-0.1, -0.05) is 0 Å². The van der Waals surface area contributed by atoms with Crippen LogP contribution in [0.4, 0.5) is 5.00 Å². The molecule has 19 heavy (non-hydrogen) atoms. The topological polar surface area (TPSA) is 64.6 Å². The van der Waals surface area contributed by atoms with Crippen molar-refractivity contribution in [1.82, 2.24) is 0 Å². The molecule has 0 amide bonds. The zero-order valence-corrected chi connectivity index (χ0v) is 12.5. The Morgan fingerprint density at radius 2 is 2.00 bits per heavy atom. The first-order chi connectivity index (χ1) is 9.01. The van der Waals surface area contributed by atoms with Crippen LogP contribution in [-0.2, 0) is 14.3 Å². The maximum absolute atomic E-state index is 11.7. The number of thiophene rings is 1. The van der Waals surface area contributed by atoms with Gasteiger partial charge in [-0.15, -0.1) is 11.3 Å². The maximum Gasteiger partial charge on any atom is 0.341 e. The lowest BCUT2D eigenvalue weighted by Crippen LogP contribution is -2.13. The molecule has 0 aliphatic heterocycles. The van der Waals surface area contributed by atoms with Crippen LogP contribution in [0.2, 0.25) is 0 Å². The van der Waals surface area contributed by atoms with Gasteiger partial charge in [-0.25, -0.2) is 4.79 Å². The second-order valence-electron chi connectivity index (χ2n) is 3.96. The summed E-state index contributed by atoms with van der Waals surface area (Å²) in [5, 5.41) is 3.84. The van der Waals surface area contributed by atoms with Gasteiger partial charge in [-0.3, -0.25) is 4.79 Å². The molecule has 5 nitrogen and oxygen atoms in total. The lowest BCUT2D eigenvalue weighted by Gasteiger charge is -2.06. The Kier molecular flexibility index (Phi) is 5.82. The van der Waals surface area contributed by atoms with Gasteiger partial charge >= 0.3 is 11.9 Å². The highest BCUT2D eigenvalue weighted by Gasteiger charge is 2.19. The van der Waals surface area contributed by atoms with E-state index < -0.39 is 0 Å². The predicted octanol–water partition coefficient (Wildman–Crippen LogP) is 2.52. The van der Waals surface area contributed by atoms with E-state index in [-0.39, 0.29) is 18.4 Å². The number of carbonyl (C=O) groups is 2. The molecule has 0 fully saturated rings. The van der Waals surface area contributed by atoms with Crippen molar-refractivity contribution in [3.8, 4) is 0 Å². The monoisotopic (exact) mass is 285 g/mol. The number of hydrogen-bond acceptors (Lipinski definition) is 6. The average molecular weight is 285 g/mol. The van der Waals surface area contributed by atoms with E-state index in [1.54, 1.807) is 6.92 Å². The highest BCUT2D eigenvalue weighted by atomic mass is 32.1. The van der Waals surface area contributed by atoms with Crippen LogP contribution in [0.25, 0.3) is 0 Å². The maximum atomic E-state index is 11.7. The molecule has 0 saturated heterocycles. The molecule has 0 radical (unpaired) electrons. The van der Waals surface area contributed by atoms with Gasteiger partial charge in [-0.05, 0) is 26.3 Å². The number of anilines is 1. The van der Waals surface area contributed by atoms with Crippen molar-refractivity contribution >= 4 is 28.3 Å². The number of nitrogens with one attached hydrogen (secondary N) is 1. The van der Waals surface area contributed by atoms with E-state index in [1.807, 2.05) is 13.8 Å². The van der Waals surface area contributed by atoms with Crippen molar-refractivity contribution in [3.63, 3.8) is 0 Å². The van der Waals surface area contributed by atoms with E-state index in [4.69, 9.17) is 9.47 Å². The normalized spacial score (nSPS) is 10.1. The third kappa shape index (κ3) is 3.96. The summed E-state index contributed by atoms with van der Waals surface area (Å²) in [6.45, 7) is 6.41. The first kappa shape index (κ1) is 15.5. The fourth-order valence-electron chi connectivity index (χ4n) is 1.61. The third-order valence-corrected chi connectivity index (χ3v) is 3.86. The average Bonchev–Trinajstić information content (AvgIpc) is 2.65. The first-order valence-electron chi connectivity index (χ1n) is 6.09. The standard InChI is InChI=1S/C13H19NO4S/c1-5-18-10(15)6-7-14-12-11(13(16)17-4)8(2)9(3)19-12/h14H,5-7H2,1-4H3. The van der Waals surface area contributed by atoms with Gasteiger partial charge in [0.2, 0.25) is 0 Å². The second kappa shape index (κ2) is 7.13. The van der Waals surface area contributed by atoms with Crippen molar-refractivity contribution in [2.24, 2.45) is 0 Å². The van der Waals surface area contributed by atoms with Crippen molar-refractivity contribution in [3.05, 3.63) is 16.0 Å². The van der Waals surface area contributed by atoms with Gasteiger partial charge in [0.1, 0.15) is 5.00 Å². The number of hydrogen-bond donors (Lipinski definition) is 1. The van der Waals surface area contributed by atoms with Gasteiger partial charge in [0, 0.05) is 11.4 Å². The van der Waals surface area contributed by atoms with Crippen LogP contribution >= 0.6 is 11.3 Å². The fourth-order valence-corrected chi connectivity index (χ4v) is 2.68. The van der Waals surface area contributed by atoms with Crippen LogP contribution < -0.4 is 5.32 Å². The van der Waals surface area contributed by atoms with E-state index in [9.17, 15) is 9.59 Å². The van der Waals surface area contributed by atoms with E-state index in [1.165, 1.54) is 18.4 Å². The summed E-state index contributed by atoms with van der Waals surface area (Å²) in [6.07, 6.45) is 0.268. The van der Waals surface area contributed by atoms with Crippen molar-refractivity contribution in [1.29, 1.82) is 0 Å². The molecule has 106 valence electrons. The fraction of sp³-hybridized carbons (Fsp3) is 0.538. The number of rotatable bonds is 6. The Morgan fingerprint density at radius 3 is 2.58 bits per heavy atom. The molecule has 0 aliphatic carbocycles. The Labute approximate surface area is 116 Å². The zero-order chi connectivity index (χ0) is 14.4. The highest BCUT2D eigenvalue weighted by Crippen LogP contribution is 2.32. The molecule has 0 unspecified atom stereocenters. The molecule has 0 atom stereocenters. The quantitative estimate of drug-likeness (QED) is 0.814. The first-order valence-corrected chi connectivity index (χ1v) is 6.90. The van der Waals surface area contributed by atoms with E-state index in [0.717, 1.165) is 15.4 Å². The SMILES string of the molecule is CCOC(=O)CCNc1sc(C)c(C)c1C(=O)OC. The summed E-state index contributed by atoms with van der Waals surface area (Å²) >= 11 is 1.49. The molecule has 6 heteroatoms. The number of ether oxygens (including phenoxy) is 2. The Morgan fingerprint density at radius 1 is 1.32 bits per heavy atom. The molecular weight excluding hydrogens is 266 g/mol. The summed E-state index contributed by atoms with van der Waals surface area (Å²) in [5.74, 6) is -0.611. The van der Waals surface area contributed by atoms with Crippen LogP contribution in [-0.4, -0.2) is 32.2 Å². The minimum absolute atomic E-state index is 0.250. The van der Waals surface area contributed by atoms with E-state index in [2.05, 4.69) is 5.32 Å². The Balaban J connectivity index is 2.70. The Bertz CT molecular complexity index is 467. The number of methoxy groups -OCH3 is 1.